The summed E-state index contributed by atoms with van der Waals surface area (Å²) in [6.07, 6.45) is 12.8. The molecule has 17 heavy (non-hydrogen) atoms. The Morgan fingerprint density at radius 1 is 1.47 bits per heavy atom. The fourth-order valence-electron chi connectivity index (χ4n) is 1.63. The van der Waals surface area contributed by atoms with Crippen LogP contribution < -0.4 is 0 Å². The van der Waals surface area contributed by atoms with Crippen molar-refractivity contribution in [3.63, 3.8) is 0 Å². The molecule has 0 radical (unpaired) electrons. The highest BCUT2D eigenvalue weighted by Gasteiger charge is 2.18. The summed E-state index contributed by atoms with van der Waals surface area (Å²) >= 11 is 1.79. The number of hydrogen-bond acceptors (Lipinski definition) is 3. The zero-order valence-corrected chi connectivity index (χ0v) is 11.6. The first-order valence-corrected chi connectivity index (χ1v) is 7.39. The minimum Gasteiger partial charge on any atom is -0.396 e. The number of aliphatic hydroxyl groups is 1. The van der Waals surface area contributed by atoms with Gasteiger partial charge < -0.3 is 5.11 Å². The van der Waals surface area contributed by atoms with Crippen molar-refractivity contribution in [2.75, 3.05) is 18.1 Å². The van der Waals surface area contributed by atoms with Crippen LogP contribution in [0.2, 0.25) is 0 Å². The van der Waals surface area contributed by atoms with Gasteiger partial charge in [0.1, 0.15) is 0 Å². The van der Waals surface area contributed by atoms with Gasteiger partial charge in [0.15, 0.2) is 0 Å². The van der Waals surface area contributed by atoms with Crippen LogP contribution in [-0.2, 0) is 0 Å². The van der Waals surface area contributed by atoms with Gasteiger partial charge in [-0.1, -0.05) is 31.2 Å². The number of nitrogens with zero attached hydrogens (tertiary/aromatic N) is 1. The van der Waals surface area contributed by atoms with Crippen LogP contribution in [0.3, 0.4) is 0 Å². The highest BCUT2D eigenvalue weighted by Crippen LogP contribution is 2.24. The molecule has 2 nitrogen and oxygen atoms in total. The van der Waals surface area contributed by atoms with E-state index in [1.807, 2.05) is 0 Å². The Morgan fingerprint density at radius 2 is 2.29 bits per heavy atom. The fraction of sp³-hybridized carbons (Fsp3) is 0.643. The molecule has 2 unspecified atom stereocenters. The topological polar surface area (TPSA) is 32.6 Å². The van der Waals surface area contributed by atoms with E-state index < -0.39 is 0 Å². The van der Waals surface area contributed by atoms with E-state index >= 15 is 0 Å². The zero-order valence-electron chi connectivity index (χ0n) is 10.8. The number of aliphatic hydroxyl groups excluding tert-OH is 1. The molecule has 0 bridgehead atoms. The predicted molar refractivity (Wildman–Crippen MR) is 78.0 cm³/mol. The van der Waals surface area contributed by atoms with Crippen molar-refractivity contribution < 1.29 is 5.11 Å². The number of allylic oxidation sites excluding steroid dienone is 4. The van der Waals surface area contributed by atoms with Gasteiger partial charge in [0, 0.05) is 23.4 Å². The number of aliphatic imine (C=N–C) groups is 1. The van der Waals surface area contributed by atoms with Gasteiger partial charge in [0.05, 0.1) is 6.61 Å². The first kappa shape index (κ1) is 14.5. The third-order valence-corrected chi connectivity index (χ3v) is 3.82. The quantitative estimate of drug-likeness (QED) is 0.558. The summed E-state index contributed by atoms with van der Waals surface area (Å²) in [5.41, 5.74) is 0.0985. The van der Waals surface area contributed by atoms with Crippen molar-refractivity contribution in [3.05, 3.63) is 24.3 Å². The molecule has 0 saturated carbocycles. The van der Waals surface area contributed by atoms with Crippen molar-refractivity contribution >= 4 is 18.0 Å². The van der Waals surface area contributed by atoms with Gasteiger partial charge in [-0.2, -0.15) is 11.8 Å². The Hall–Kier alpha value is -0.540. The van der Waals surface area contributed by atoms with E-state index in [0.717, 1.165) is 24.3 Å². The van der Waals surface area contributed by atoms with E-state index in [2.05, 4.69) is 49.4 Å². The Morgan fingerprint density at radius 3 is 2.94 bits per heavy atom. The summed E-state index contributed by atoms with van der Waals surface area (Å²) < 4.78 is 0. The van der Waals surface area contributed by atoms with Crippen molar-refractivity contribution in [2.45, 2.75) is 32.7 Å². The molecular formula is C14H23NOS. The summed E-state index contributed by atoms with van der Waals surface area (Å²) in [7, 11) is 0. The predicted octanol–water partition coefficient (Wildman–Crippen LogP) is 3.08. The second-order valence-electron chi connectivity index (χ2n) is 4.75. The Kier molecular flexibility index (Phi) is 6.60. The van der Waals surface area contributed by atoms with E-state index in [0.29, 0.717) is 6.04 Å². The molecule has 1 N–H and O–H groups in total. The van der Waals surface area contributed by atoms with Gasteiger partial charge in [0.25, 0.3) is 0 Å². The Balaban J connectivity index is 2.27. The molecule has 0 heterocycles. The molecule has 1 aliphatic rings. The lowest BCUT2D eigenvalue weighted by molar-refractivity contribution is 0.322. The summed E-state index contributed by atoms with van der Waals surface area (Å²) in [6.45, 7) is 4.64. The molecule has 0 saturated heterocycles. The van der Waals surface area contributed by atoms with Crippen LogP contribution in [0.15, 0.2) is 29.3 Å². The van der Waals surface area contributed by atoms with Gasteiger partial charge in [-0.05, 0) is 25.5 Å². The standard InChI is InChI=1S/C14H23NOS/c1-13(6-10-17-11-9-16)15-12-14(2)7-4-3-5-8-14/h3-5,7,12-13,16H,6,8-11H2,1-2H3. The number of hydrogen-bond donors (Lipinski definition) is 1. The van der Waals surface area contributed by atoms with E-state index in [4.69, 9.17) is 5.11 Å². The maximum atomic E-state index is 8.67. The second-order valence-corrected chi connectivity index (χ2v) is 5.97. The highest BCUT2D eigenvalue weighted by molar-refractivity contribution is 7.99. The lowest BCUT2D eigenvalue weighted by atomic mass is 9.85. The molecule has 1 aliphatic carbocycles. The highest BCUT2D eigenvalue weighted by atomic mass is 32.2. The van der Waals surface area contributed by atoms with E-state index in [-0.39, 0.29) is 12.0 Å². The molecule has 96 valence electrons. The second kappa shape index (κ2) is 7.72. The van der Waals surface area contributed by atoms with Crippen molar-refractivity contribution in [1.29, 1.82) is 0 Å². The monoisotopic (exact) mass is 253 g/mol. The maximum absolute atomic E-state index is 8.67. The molecule has 0 aromatic rings. The third kappa shape index (κ3) is 6.08. The lowest BCUT2D eigenvalue weighted by Crippen LogP contribution is -2.17. The lowest BCUT2D eigenvalue weighted by Gasteiger charge is -2.21. The maximum Gasteiger partial charge on any atom is 0.0521 e. The first-order chi connectivity index (χ1) is 8.16. The average Bonchev–Trinajstić information content (AvgIpc) is 2.33. The zero-order chi connectivity index (χ0) is 12.6. The van der Waals surface area contributed by atoms with Gasteiger partial charge in [0.2, 0.25) is 0 Å². The van der Waals surface area contributed by atoms with E-state index in [1.54, 1.807) is 11.8 Å². The number of thioether (sulfide) groups is 1. The van der Waals surface area contributed by atoms with Crippen LogP contribution in [0, 0.1) is 5.41 Å². The Labute approximate surface area is 109 Å². The van der Waals surface area contributed by atoms with Gasteiger partial charge in [-0.15, -0.1) is 0 Å². The van der Waals surface area contributed by atoms with Gasteiger partial charge >= 0.3 is 0 Å². The van der Waals surface area contributed by atoms with Gasteiger partial charge in [-0.3, -0.25) is 4.99 Å². The molecule has 2 atom stereocenters. The largest absolute Gasteiger partial charge is 0.396 e. The smallest absolute Gasteiger partial charge is 0.0521 e. The molecule has 0 amide bonds. The van der Waals surface area contributed by atoms with Gasteiger partial charge in [-0.25, -0.2) is 0 Å². The minimum absolute atomic E-state index is 0.0985. The molecule has 0 spiro atoms. The fourth-order valence-corrected chi connectivity index (χ4v) is 2.47. The van der Waals surface area contributed by atoms with Crippen LogP contribution in [0.1, 0.15) is 26.7 Å². The first-order valence-electron chi connectivity index (χ1n) is 6.23. The molecule has 1 rings (SSSR count). The summed E-state index contributed by atoms with van der Waals surface area (Å²) in [6, 6.07) is 0.373. The SMILES string of the molecule is CC(CCSCCO)N=CC1(C)C=CC=CC1. The summed E-state index contributed by atoms with van der Waals surface area (Å²) in [4.78, 5) is 4.63. The van der Waals surface area contributed by atoms with Crippen LogP contribution in [0.4, 0.5) is 0 Å². The van der Waals surface area contributed by atoms with Crippen LogP contribution in [0.5, 0.6) is 0 Å². The molecule has 0 aliphatic heterocycles. The minimum atomic E-state index is 0.0985. The average molecular weight is 253 g/mol. The molecule has 3 heteroatoms. The Bertz CT molecular complexity index is 299. The molecule has 0 aromatic heterocycles. The third-order valence-electron chi connectivity index (χ3n) is 2.82. The van der Waals surface area contributed by atoms with E-state index in [9.17, 15) is 0 Å². The van der Waals surface area contributed by atoms with Crippen LogP contribution in [-0.4, -0.2) is 35.5 Å². The van der Waals surface area contributed by atoms with Crippen molar-refractivity contribution in [1.82, 2.24) is 0 Å². The van der Waals surface area contributed by atoms with Crippen molar-refractivity contribution in [2.24, 2.45) is 10.4 Å². The number of rotatable bonds is 7. The summed E-state index contributed by atoms with van der Waals surface area (Å²) in [5.74, 6) is 1.91. The van der Waals surface area contributed by atoms with Crippen LogP contribution >= 0.6 is 11.8 Å². The molecule has 0 aromatic carbocycles. The van der Waals surface area contributed by atoms with Crippen LogP contribution in [0.25, 0.3) is 0 Å². The van der Waals surface area contributed by atoms with Crippen molar-refractivity contribution in [3.8, 4) is 0 Å². The molecular weight excluding hydrogens is 230 g/mol. The molecule has 0 fully saturated rings. The summed E-state index contributed by atoms with van der Waals surface area (Å²) in [5, 5.41) is 8.67. The van der Waals surface area contributed by atoms with E-state index in [1.165, 1.54) is 0 Å². The normalized spacial score (nSPS) is 25.6.